The Kier molecular flexibility index (Phi) is 8.54. The fraction of sp³-hybridized carbons (Fsp3) is 0.800. The van der Waals surface area contributed by atoms with Crippen LogP contribution < -0.4 is 0 Å². The molecule has 0 saturated carbocycles. The maximum atomic E-state index is 12.8. The predicted molar refractivity (Wildman–Crippen MR) is 117 cm³/mol. The van der Waals surface area contributed by atoms with Gasteiger partial charge in [-0.05, 0) is 75.7 Å². The first kappa shape index (κ1) is 24.1. The standard InChI is InChI=1S/C25H42O4/c1-7-19(26)15-20(27)11-12-21-17(4)9-10-18-13-16(3)14-22(23(18)21)29-24(28)25(5,6)8-2/h9-10,13,16-17,19-23,26-27H,7-8,11-12,14-15H2,1-6H3/t16-,17-,19-,20-,21-,22-,23+/m0/s1. The van der Waals surface area contributed by atoms with Crippen molar-refractivity contribution in [1.29, 1.82) is 0 Å². The van der Waals surface area contributed by atoms with Gasteiger partial charge in [0.05, 0.1) is 17.6 Å². The predicted octanol–water partition coefficient (Wildman–Crippen LogP) is 5.04. The summed E-state index contributed by atoms with van der Waals surface area (Å²) >= 11 is 0. The van der Waals surface area contributed by atoms with E-state index in [9.17, 15) is 15.0 Å². The fourth-order valence-corrected chi connectivity index (χ4v) is 4.65. The smallest absolute Gasteiger partial charge is 0.311 e. The molecule has 0 aromatic heterocycles. The maximum absolute atomic E-state index is 12.8. The summed E-state index contributed by atoms with van der Waals surface area (Å²) in [5.41, 5.74) is 0.810. The fourth-order valence-electron chi connectivity index (χ4n) is 4.65. The number of hydrogen-bond donors (Lipinski definition) is 2. The Morgan fingerprint density at radius 1 is 1.24 bits per heavy atom. The number of esters is 1. The molecule has 2 aliphatic carbocycles. The van der Waals surface area contributed by atoms with Gasteiger partial charge in [-0.1, -0.05) is 45.9 Å². The van der Waals surface area contributed by atoms with Crippen LogP contribution in [0.1, 0.15) is 80.1 Å². The highest BCUT2D eigenvalue weighted by Crippen LogP contribution is 2.45. The summed E-state index contributed by atoms with van der Waals surface area (Å²) in [6, 6.07) is 0. The Balaban J connectivity index is 2.17. The first-order valence-corrected chi connectivity index (χ1v) is 11.6. The van der Waals surface area contributed by atoms with Crippen LogP contribution in [0.3, 0.4) is 0 Å². The van der Waals surface area contributed by atoms with Crippen LogP contribution in [-0.4, -0.2) is 34.5 Å². The normalized spacial score (nSPS) is 31.6. The third-order valence-electron chi connectivity index (χ3n) is 7.14. The number of ether oxygens (including phenoxy) is 1. The van der Waals surface area contributed by atoms with Crippen molar-refractivity contribution in [3.05, 3.63) is 23.8 Å². The van der Waals surface area contributed by atoms with E-state index >= 15 is 0 Å². The lowest BCUT2D eigenvalue weighted by atomic mass is 9.65. The molecule has 0 fully saturated rings. The summed E-state index contributed by atoms with van der Waals surface area (Å²) in [5.74, 6) is 1.16. The topological polar surface area (TPSA) is 66.8 Å². The molecular weight excluding hydrogens is 364 g/mol. The molecule has 0 amide bonds. The van der Waals surface area contributed by atoms with E-state index in [2.05, 4.69) is 32.1 Å². The average Bonchev–Trinajstić information content (AvgIpc) is 2.67. The molecule has 4 nitrogen and oxygen atoms in total. The highest BCUT2D eigenvalue weighted by atomic mass is 16.5. The van der Waals surface area contributed by atoms with Crippen molar-refractivity contribution in [2.45, 2.75) is 98.4 Å². The molecule has 0 bridgehead atoms. The van der Waals surface area contributed by atoms with E-state index in [1.807, 2.05) is 27.7 Å². The van der Waals surface area contributed by atoms with Crippen LogP contribution in [-0.2, 0) is 9.53 Å². The maximum Gasteiger partial charge on any atom is 0.311 e. The van der Waals surface area contributed by atoms with Crippen molar-refractivity contribution >= 4 is 5.97 Å². The number of aliphatic hydroxyl groups is 2. The average molecular weight is 407 g/mol. The molecule has 29 heavy (non-hydrogen) atoms. The Morgan fingerprint density at radius 3 is 2.55 bits per heavy atom. The van der Waals surface area contributed by atoms with E-state index in [0.29, 0.717) is 37.0 Å². The molecule has 7 atom stereocenters. The summed E-state index contributed by atoms with van der Waals surface area (Å²) in [7, 11) is 0. The van der Waals surface area contributed by atoms with Gasteiger partial charge in [0, 0.05) is 5.92 Å². The minimum Gasteiger partial charge on any atom is -0.461 e. The molecule has 0 aromatic rings. The van der Waals surface area contributed by atoms with E-state index in [1.165, 1.54) is 5.57 Å². The lowest BCUT2D eigenvalue weighted by molar-refractivity contribution is -0.164. The number of carbonyl (C=O) groups is 1. The quantitative estimate of drug-likeness (QED) is 0.526. The zero-order valence-electron chi connectivity index (χ0n) is 19.2. The summed E-state index contributed by atoms with van der Waals surface area (Å²) < 4.78 is 6.14. The van der Waals surface area contributed by atoms with Crippen molar-refractivity contribution in [1.82, 2.24) is 0 Å². The first-order valence-electron chi connectivity index (χ1n) is 11.6. The molecule has 0 heterocycles. The molecule has 0 spiro atoms. The largest absolute Gasteiger partial charge is 0.461 e. The number of fused-ring (bicyclic) bond motifs is 1. The molecule has 0 unspecified atom stereocenters. The molecule has 0 saturated heterocycles. The second-order valence-electron chi connectivity index (χ2n) is 10.00. The Morgan fingerprint density at radius 2 is 1.93 bits per heavy atom. The van der Waals surface area contributed by atoms with Gasteiger partial charge in [0.25, 0.3) is 0 Å². The van der Waals surface area contributed by atoms with Crippen LogP contribution in [0.15, 0.2) is 23.8 Å². The number of allylic oxidation sites excluding steroid dienone is 3. The minimum atomic E-state index is -0.488. The minimum absolute atomic E-state index is 0.106. The van der Waals surface area contributed by atoms with Gasteiger partial charge in [-0.15, -0.1) is 0 Å². The van der Waals surface area contributed by atoms with Crippen LogP contribution in [0.5, 0.6) is 0 Å². The Labute approximate surface area is 177 Å². The third kappa shape index (κ3) is 6.18. The van der Waals surface area contributed by atoms with Gasteiger partial charge in [-0.25, -0.2) is 0 Å². The van der Waals surface area contributed by atoms with Gasteiger partial charge in [0.2, 0.25) is 0 Å². The van der Waals surface area contributed by atoms with Crippen molar-refractivity contribution in [3.63, 3.8) is 0 Å². The molecule has 166 valence electrons. The molecule has 2 aliphatic rings. The van der Waals surface area contributed by atoms with Crippen molar-refractivity contribution in [3.8, 4) is 0 Å². The van der Waals surface area contributed by atoms with E-state index < -0.39 is 17.6 Å². The summed E-state index contributed by atoms with van der Waals surface area (Å²) in [5, 5.41) is 20.2. The molecule has 0 aliphatic heterocycles. The monoisotopic (exact) mass is 406 g/mol. The number of hydrogen-bond acceptors (Lipinski definition) is 4. The molecule has 2 rings (SSSR count). The van der Waals surface area contributed by atoms with Crippen molar-refractivity contribution < 1.29 is 19.7 Å². The Hall–Kier alpha value is -1.13. The second-order valence-corrected chi connectivity index (χ2v) is 10.00. The lowest BCUT2D eigenvalue weighted by Crippen LogP contribution is -2.43. The molecular formula is C25H42O4. The zero-order chi connectivity index (χ0) is 21.8. The summed E-state index contributed by atoms with van der Waals surface area (Å²) in [4.78, 5) is 12.8. The van der Waals surface area contributed by atoms with Gasteiger partial charge in [-0.2, -0.15) is 0 Å². The Bertz CT molecular complexity index is 606. The van der Waals surface area contributed by atoms with Gasteiger partial charge in [0.1, 0.15) is 6.10 Å². The van der Waals surface area contributed by atoms with E-state index in [0.717, 1.165) is 19.3 Å². The van der Waals surface area contributed by atoms with Crippen LogP contribution >= 0.6 is 0 Å². The number of aliphatic hydroxyl groups excluding tert-OH is 2. The second kappa shape index (κ2) is 10.3. The van der Waals surface area contributed by atoms with Gasteiger partial charge < -0.3 is 14.9 Å². The van der Waals surface area contributed by atoms with Crippen LogP contribution in [0, 0.1) is 29.1 Å². The van der Waals surface area contributed by atoms with Crippen LogP contribution in [0.4, 0.5) is 0 Å². The molecule has 0 aromatic carbocycles. The summed E-state index contributed by atoms with van der Waals surface area (Å²) in [6.45, 7) is 12.3. The van der Waals surface area contributed by atoms with Gasteiger partial charge in [0.15, 0.2) is 0 Å². The van der Waals surface area contributed by atoms with Gasteiger partial charge >= 0.3 is 5.97 Å². The van der Waals surface area contributed by atoms with Crippen LogP contribution in [0.2, 0.25) is 0 Å². The molecule has 0 radical (unpaired) electrons. The SMILES string of the molecule is CC[C@H](O)C[C@@H](O)CC[C@@H]1[C@H]2C(=C[C@H](C)C[C@@H]2OC(=O)C(C)(C)CC)C=C[C@@H]1C. The highest BCUT2D eigenvalue weighted by Gasteiger charge is 2.42. The number of rotatable bonds is 9. The van der Waals surface area contributed by atoms with E-state index in [4.69, 9.17) is 4.74 Å². The van der Waals surface area contributed by atoms with E-state index in [1.54, 1.807) is 0 Å². The lowest BCUT2D eigenvalue weighted by Gasteiger charge is -2.44. The van der Waals surface area contributed by atoms with E-state index in [-0.39, 0.29) is 18.0 Å². The first-order chi connectivity index (χ1) is 13.6. The molecule has 2 N–H and O–H groups in total. The highest BCUT2D eigenvalue weighted by molar-refractivity contribution is 5.76. The van der Waals surface area contributed by atoms with Crippen molar-refractivity contribution in [2.75, 3.05) is 0 Å². The summed E-state index contributed by atoms with van der Waals surface area (Å²) in [6.07, 6.45) is 10.00. The zero-order valence-corrected chi connectivity index (χ0v) is 19.2. The van der Waals surface area contributed by atoms with Crippen molar-refractivity contribution in [2.24, 2.45) is 29.1 Å². The number of carbonyl (C=O) groups excluding carboxylic acids is 1. The van der Waals surface area contributed by atoms with Crippen LogP contribution in [0.25, 0.3) is 0 Å². The third-order valence-corrected chi connectivity index (χ3v) is 7.14. The molecule has 4 heteroatoms. The van der Waals surface area contributed by atoms with Gasteiger partial charge in [-0.3, -0.25) is 4.79 Å².